The number of carbonyl (C=O) groups is 1. The average Bonchev–Trinajstić information content (AvgIpc) is 2.48. The summed E-state index contributed by atoms with van der Waals surface area (Å²) in [6.45, 7) is 7.96. The molecule has 1 aliphatic heterocycles. The molecule has 0 aliphatic carbocycles. The summed E-state index contributed by atoms with van der Waals surface area (Å²) in [5.41, 5.74) is 0. The Hall–Kier alpha value is -1.69. The van der Waals surface area contributed by atoms with Gasteiger partial charge in [-0.05, 0) is 19.9 Å². The van der Waals surface area contributed by atoms with Crippen molar-refractivity contribution in [2.75, 3.05) is 37.7 Å². The van der Waals surface area contributed by atoms with Gasteiger partial charge in [0.25, 0.3) is 0 Å². The van der Waals surface area contributed by atoms with Gasteiger partial charge in [0.05, 0.1) is 13.0 Å². The molecule has 1 unspecified atom stereocenters. The molecule has 0 bridgehead atoms. The molecule has 0 radical (unpaired) electrons. The van der Waals surface area contributed by atoms with Crippen molar-refractivity contribution >= 4 is 11.9 Å². The first-order valence-corrected chi connectivity index (χ1v) is 7.12. The molecule has 1 aromatic rings. The summed E-state index contributed by atoms with van der Waals surface area (Å²) >= 11 is 0. The average molecular weight is 278 g/mol. The fourth-order valence-corrected chi connectivity index (χ4v) is 2.41. The van der Waals surface area contributed by atoms with Gasteiger partial charge in [0.1, 0.15) is 0 Å². The van der Waals surface area contributed by atoms with Crippen LogP contribution in [0.1, 0.15) is 20.3 Å². The van der Waals surface area contributed by atoms with Crippen molar-refractivity contribution in [3.63, 3.8) is 0 Å². The SMILES string of the molecule is CCOC(=O)CC(C)N1CCN(c2ncccn2)CC1. The van der Waals surface area contributed by atoms with Crippen LogP contribution in [0.3, 0.4) is 0 Å². The number of anilines is 1. The van der Waals surface area contributed by atoms with Crippen molar-refractivity contribution in [2.24, 2.45) is 0 Å². The predicted molar refractivity (Wildman–Crippen MR) is 76.5 cm³/mol. The van der Waals surface area contributed by atoms with Gasteiger partial charge < -0.3 is 9.64 Å². The standard InChI is InChI=1S/C14H22N4O2/c1-3-20-13(19)11-12(2)17-7-9-18(10-8-17)14-15-5-4-6-16-14/h4-6,12H,3,7-11H2,1-2H3. The zero-order valence-electron chi connectivity index (χ0n) is 12.2. The quantitative estimate of drug-likeness (QED) is 0.747. The third-order valence-electron chi connectivity index (χ3n) is 3.54. The molecule has 6 heteroatoms. The van der Waals surface area contributed by atoms with Gasteiger partial charge in [-0.15, -0.1) is 0 Å². The highest BCUT2D eigenvalue weighted by molar-refractivity contribution is 5.70. The van der Waals surface area contributed by atoms with Gasteiger partial charge in [0.15, 0.2) is 0 Å². The smallest absolute Gasteiger partial charge is 0.307 e. The Balaban J connectivity index is 1.80. The number of hydrogen-bond acceptors (Lipinski definition) is 6. The van der Waals surface area contributed by atoms with Crippen molar-refractivity contribution in [1.29, 1.82) is 0 Å². The summed E-state index contributed by atoms with van der Waals surface area (Å²) in [5, 5.41) is 0. The molecule has 0 saturated carbocycles. The fourth-order valence-electron chi connectivity index (χ4n) is 2.41. The van der Waals surface area contributed by atoms with Crippen molar-refractivity contribution < 1.29 is 9.53 Å². The molecule has 1 saturated heterocycles. The lowest BCUT2D eigenvalue weighted by atomic mass is 10.1. The lowest BCUT2D eigenvalue weighted by Crippen LogP contribution is -2.50. The molecular weight excluding hydrogens is 256 g/mol. The van der Waals surface area contributed by atoms with Crippen molar-refractivity contribution in [2.45, 2.75) is 26.3 Å². The van der Waals surface area contributed by atoms with Gasteiger partial charge >= 0.3 is 5.97 Å². The molecule has 0 N–H and O–H groups in total. The van der Waals surface area contributed by atoms with E-state index in [1.807, 2.05) is 13.0 Å². The van der Waals surface area contributed by atoms with Gasteiger partial charge in [-0.1, -0.05) is 0 Å². The molecule has 0 amide bonds. The number of nitrogens with zero attached hydrogens (tertiary/aromatic N) is 4. The Bertz CT molecular complexity index is 418. The Morgan fingerprint density at radius 1 is 1.30 bits per heavy atom. The number of piperazine rings is 1. The Morgan fingerprint density at radius 3 is 2.55 bits per heavy atom. The van der Waals surface area contributed by atoms with Crippen LogP contribution < -0.4 is 4.90 Å². The summed E-state index contributed by atoms with van der Waals surface area (Å²) in [6.07, 6.45) is 3.98. The van der Waals surface area contributed by atoms with E-state index in [0.29, 0.717) is 13.0 Å². The summed E-state index contributed by atoms with van der Waals surface area (Å²) in [5.74, 6) is 0.666. The van der Waals surface area contributed by atoms with Crippen LogP contribution in [0.25, 0.3) is 0 Å². The van der Waals surface area contributed by atoms with Crippen LogP contribution in [0.4, 0.5) is 5.95 Å². The highest BCUT2D eigenvalue weighted by Crippen LogP contribution is 2.13. The van der Waals surface area contributed by atoms with E-state index < -0.39 is 0 Å². The molecule has 0 aromatic carbocycles. The van der Waals surface area contributed by atoms with Crippen molar-refractivity contribution in [3.05, 3.63) is 18.5 Å². The molecule has 0 spiro atoms. The Labute approximate surface area is 119 Å². The van der Waals surface area contributed by atoms with Gasteiger partial charge in [-0.25, -0.2) is 9.97 Å². The minimum atomic E-state index is -0.117. The van der Waals surface area contributed by atoms with Crippen LogP contribution in [-0.4, -0.2) is 59.7 Å². The monoisotopic (exact) mass is 278 g/mol. The lowest BCUT2D eigenvalue weighted by molar-refractivity contribution is -0.144. The molecular formula is C14H22N4O2. The summed E-state index contributed by atoms with van der Waals surface area (Å²) in [4.78, 5) is 24.5. The van der Waals surface area contributed by atoms with Gasteiger partial charge in [0, 0.05) is 44.6 Å². The number of ether oxygens (including phenoxy) is 1. The highest BCUT2D eigenvalue weighted by atomic mass is 16.5. The first-order chi connectivity index (χ1) is 9.70. The van der Waals surface area contributed by atoms with Gasteiger partial charge in [-0.2, -0.15) is 0 Å². The number of hydrogen-bond donors (Lipinski definition) is 0. The number of aromatic nitrogens is 2. The molecule has 110 valence electrons. The minimum absolute atomic E-state index is 0.117. The van der Waals surface area contributed by atoms with Crippen molar-refractivity contribution in [1.82, 2.24) is 14.9 Å². The molecule has 2 rings (SSSR count). The van der Waals surface area contributed by atoms with Crippen LogP contribution in [0.15, 0.2) is 18.5 Å². The summed E-state index contributed by atoms with van der Waals surface area (Å²) in [6, 6.07) is 2.04. The maximum atomic E-state index is 11.5. The first-order valence-electron chi connectivity index (χ1n) is 7.12. The minimum Gasteiger partial charge on any atom is -0.466 e. The van der Waals surface area contributed by atoms with E-state index in [0.717, 1.165) is 32.1 Å². The van der Waals surface area contributed by atoms with Crippen LogP contribution in [0.2, 0.25) is 0 Å². The second-order valence-electron chi connectivity index (χ2n) is 4.93. The maximum absolute atomic E-state index is 11.5. The molecule has 20 heavy (non-hydrogen) atoms. The third kappa shape index (κ3) is 3.90. The Morgan fingerprint density at radius 2 is 1.95 bits per heavy atom. The molecule has 6 nitrogen and oxygen atoms in total. The fraction of sp³-hybridized carbons (Fsp3) is 0.643. The van der Waals surface area contributed by atoms with Crippen molar-refractivity contribution in [3.8, 4) is 0 Å². The zero-order chi connectivity index (χ0) is 14.4. The van der Waals surface area contributed by atoms with E-state index in [4.69, 9.17) is 4.74 Å². The van der Waals surface area contributed by atoms with E-state index in [2.05, 4.69) is 26.7 Å². The van der Waals surface area contributed by atoms with Gasteiger partial charge in [0.2, 0.25) is 5.95 Å². The van der Waals surface area contributed by atoms with E-state index >= 15 is 0 Å². The second kappa shape index (κ2) is 7.19. The molecule has 1 aromatic heterocycles. The number of rotatable bonds is 5. The molecule has 1 fully saturated rings. The topological polar surface area (TPSA) is 58.6 Å². The number of esters is 1. The molecule has 2 heterocycles. The van der Waals surface area contributed by atoms with Crippen LogP contribution in [0, 0.1) is 0 Å². The predicted octanol–water partition coefficient (Wildman–Crippen LogP) is 0.940. The van der Waals surface area contributed by atoms with E-state index in [1.165, 1.54) is 0 Å². The first kappa shape index (κ1) is 14.7. The largest absolute Gasteiger partial charge is 0.466 e. The second-order valence-corrected chi connectivity index (χ2v) is 4.93. The normalized spacial score (nSPS) is 17.8. The van der Waals surface area contributed by atoms with Crippen LogP contribution in [0.5, 0.6) is 0 Å². The Kier molecular flexibility index (Phi) is 5.29. The summed E-state index contributed by atoms with van der Waals surface area (Å²) < 4.78 is 5.00. The number of carbonyl (C=O) groups excluding carboxylic acids is 1. The van der Waals surface area contributed by atoms with E-state index in [1.54, 1.807) is 12.4 Å². The lowest BCUT2D eigenvalue weighted by Gasteiger charge is -2.37. The van der Waals surface area contributed by atoms with Gasteiger partial charge in [-0.3, -0.25) is 9.69 Å². The van der Waals surface area contributed by atoms with Crippen LogP contribution >= 0.6 is 0 Å². The highest BCUT2D eigenvalue weighted by Gasteiger charge is 2.24. The molecule has 1 atom stereocenters. The van der Waals surface area contributed by atoms with E-state index in [-0.39, 0.29) is 12.0 Å². The zero-order valence-corrected chi connectivity index (χ0v) is 12.2. The third-order valence-corrected chi connectivity index (χ3v) is 3.54. The summed E-state index contributed by atoms with van der Waals surface area (Å²) in [7, 11) is 0. The van der Waals surface area contributed by atoms with E-state index in [9.17, 15) is 4.79 Å². The maximum Gasteiger partial charge on any atom is 0.307 e. The molecule has 1 aliphatic rings. The van der Waals surface area contributed by atoms with Crippen LogP contribution in [-0.2, 0) is 9.53 Å².